The van der Waals surface area contributed by atoms with Crippen LogP contribution < -0.4 is 4.74 Å². The summed E-state index contributed by atoms with van der Waals surface area (Å²) >= 11 is 12.3. The molecule has 84 valence electrons. The summed E-state index contributed by atoms with van der Waals surface area (Å²) in [6.45, 7) is 0. The fourth-order valence-corrected chi connectivity index (χ4v) is 1.98. The molecule has 4 heteroatoms. The molecule has 0 saturated carbocycles. The molecule has 0 aliphatic carbocycles. The predicted molar refractivity (Wildman–Crippen MR) is 64.4 cm³/mol. The van der Waals surface area contributed by atoms with E-state index < -0.39 is 0 Å². The van der Waals surface area contributed by atoms with Gasteiger partial charge in [0.25, 0.3) is 0 Å². The van der Waals surface area contributed by atoms with E-state index in [1.165, 1.54) is 0 Å². The molecule has 1 unspecified atom stereocenters. The van der Waals surface area contributed by atoms with Gasteiger partial charge in [0.15, 0.2) is 0 Å². The second kappa shape index (κ2) is 4.81. The van der Waals surface area contributed by atoms with Gasteiger partial charge in [0.2, 0.25) is 0 Å². The molecule has 2 nitrogen and oxygen atoms in total. The van der Waals surface area contributed by atoms with Crippen LogP contribution in [0.2, 0.25) is 5.02 Å². The fourth-order valence-electron chi connectivity index (χ4n) is 1.45. The number of ether oxygens (including phenoxy) is 1. The Hall–Kier alpha value is -1.12. The first-order valence-corrected chi connectivity index (χ1v) is 5.53. The minimum Gasteiger partial charge on any atom is -0.495 e. The Bertz CT molecular complexity index is 466. The van der Waals surface area contributed by atoms with Gasteiger partial charge in [-0.25, -0.2) is 0 Å². The predicted octanol–water partition coefficient (Wildman–Crippen LogP) is 4.27. The van der Waals surface area contributed by atoms with Crippen molar-refractivity contribution in [1.82, 2.24) is 0 Å². The van der Waals surface area contributed by atoms with E-state index in [0.717, 1.165) is 11.1 Å². The van der Waals surface area contributed by atoms with Crippen molar-refractivity contribution < 1.29 is 9.15 Å². The molecule has 0 amide bonds. The molecule has 1 aromatic carbocycles. The highest BCUT2D eigenvalue weighted by Crippen LogP contribution is 2.33. The Kier molecular flexibility index (Phi) is 3.42. The van der Waals surface area contributed by atoms with Crippen LogP contribution >= 0.6 is 23.2 Å². The first kappa shape index (κ1) is 11.4. The number of halogens is 2. The van der Waals surface area contributed by atoms with E-state index in [1.54, 1.807) is 31.8 Å². The molecule has 0 radical (unpaired) electrons. The van der Waals surface area contributed by atoms with Crippen LogP contribution in [0.1, 0.15) is 16.5 Å². The molecular formula is C12H10Cl2O2. The van der Waals surface area contributed by atoms with Crippen LogP contribution in [0, 0.1) is 0 Å². The molecule has 1 heterocycles. The second-order valence-electron chi connectivity index (χ2n) is 3.31. The summed E-state index contributed by atoms with van der Waals surface area (Å²) in [6.07, 6.45) is 3.21. The average molecular weight is 257 g/mol. The van der Waals surface area contributed by atoms with E-state index >= 15 is 0 Å². The van der Waals surface area contributed by atoms with Crippen molar-refractivity contribution in [1.29, 1.82) is 0 Å². The standard InChI is InChI=1S/C12H10Cl2O2/c1-15-11-3-2-8(6-10(11)13)12(14)9-4-5-16-7-9/h2-7,12H,1H3. The van der Waals surface area contributed by atoms with Crippen molar-refractivity contribution in [2.45, 2.75) is 5.38 Å². The van der Waals surface area contributed by atoms with Crippen LogP contribution in [0.4, 0.5) is 0 Å². The summed E-state index contributed by atoms with van der Waals surface area (Å²) in [7, 11) is 1.58. The second-order valence-corrected chi connectivity index (χ2v) is 4.16. The van der Waals surface area contributed by atoms with Crippen molar-refractivity contribution in [3.8, 4) is 5.75 Å². The summed E-state index contributed by atoms with van der Waals surface area (Å²) in [6, 6.07) is 7.31. The molecule has 2 aromatic rings. The molecule has 0 aliphatic rings. The topological polar surface area (TPSA) is 22.4 Å². The number of methoxy groups -OCH3 is 1. The molecule has 2 rings (SSSR count). The highest BCUT2D eigenvalue weighted by molar-refractivity contribution is 6.32. The van der Waals surface area contributed by atoms with Crippen LogP contribution in [0.5, 0.6) is 5.75 Å². The number of hydrogen-bond acceptors (Lipinski definition) is 2. The molecular weight excluding hydrogens is 247 g/mol. The Morgan fingerprint density at radius 1 is 1.25 bits per heavy atom. The van der Waals surface area contributed by atoms with E-state index in [-0.39, 0.29) is 5.38 Å². The maximum atomic E-state index is 6.28. The first-order chi connectivity index (χ1) is 7.72. The lowest BCUT2D eigenvalue weighted by Crippen LogP contribution is -1.92. The van der Waals surface area contributed by atoms with E-state index in [0.29, 0.717) is 10.8 Å². The summed E-state index contributed by atoms with van der Waals surface area (Å²) in [5, 5.41) is 0.288. The molecule has 0 saturated heterocycles. The molecule has 0 spiro atoms. The van der Waals surface area contributed by atoms with Crippen molar-refractivity contribution in [3.05, 3.63) is 52.9 Å². The Morgan fingerprint density at radius 2 is 2.06 bits per heavy atom. The third-order valence-electron chi connectivity index (χ3n) is 2.30. The summed E-state index contributed by atoms with van der Waals surface area (Å²) in [4.78, 5) is 0. The zero-order chi connectivity index (χ0) is 11.5. The van der Waals surface area contributed by atoms with Gasteiger partial charge < -0.3 is 9.15 Å². The smallest absolute Gasteiger partial charge is 0.137 e. The Morgan fingerprint density at radius 3 is 2.62 bits per heavy atom. The average Bonchev–Trinajstić information content (AvgIpc) is 2.81. The maximum Gasteiger partial charge on any atom is 0.137 e. The van der Waals surface area contributed by atoms with Crippen molar-refractivity contribution in [2.24, 2.45) is 0 Å². The number of alkyl halides is 1. The monoisotopic (exact) mass is 256 g/mol. The quantitative estimate of drug-likeness (QED) is 0.766. The number of hydrogen-bond donors (Lipinski definition) is 0. The van der Waals surface area contributed by atoms with Gasteiger partial charge in [-0.1, -0.05) is 17.7 Å². The van der Waals surface area contributed by atoms with Crippen LogP contribution in [0.3, 0.4) is 0 Å². The molecule has 16 heavy (non-hydrogen) atoms. The summed E-state index contributed by atoms with van der Waals surface area (Å²) in [5.74, 6) is 0.640. The fraction of sp³-hybridized carbons (Fsp3) is 0.167. The molecule has 1 aromatic heterocycles. The van der Waals surface area contributed by atoms with E-state index in [2.05, 4.69) is 0 Å². The lowest BCUT2D eigenvalue weighted by molar-refractivity contribution is 0.415. The Labute approximate surface area is 104 Å². The van der Waals surface area contributed by atoms with E-state index in [4.69, 9.17) is 32.4 Å². The number of rotatable bonds is 3. The zero-order valence-corrected chi connectivity index (χ0v) is 10.1. The third kappa shape index (κ3) is 2.18. The maximum absolute atomic E-state index is 6.28. The van der Waals surface area contributed by atoms with Gasteiger partial charge in [-0.2, -0.15) is 0 Å². The highest BCUT2D eigenvalue weighted by atomic mass is 35.5. The van der Waals surface area contributed by atoms with Crippen LogP contribution in [0.15, 0.2) is 41.2 Å². The highest BCUT2D eigenvalue weighted by Gasteiger charge is 2.13. The normalized spacial score (nSPS) is 12.4. The number of furan rings is 1. The molecule has 0 N–H and O–H groups in total. The van der Waals surface area contributed by atoms with Gasteiger partial charge in [-0.15, -0.1) is 11.6 Å². The minimum atomic E-state index is -0.262. The van der Waals surface area contributed by atoms with Crippen LogP contribution in [-0.4, -0.2) is 7.11 Å². The molecule has 0 aliphatic heterocycles. The third-order valence-corrected chi connectivity index (χ3v) is 3.10. The largest absolute Gasteiger partial charge is 0.495 e. The Balaban J connectivity index is 2.31. The van der Waals surface area contributed by atoms with E-state index in [9.17, 15) is 0 Å². The number of benzene rings is 1. The lowest BCUT2D eigenvalue weighted by Gasteiger charge is -2.09. The van der Waals surface area contributed by atoms with Gasteiger partial charge in [0, 0.05) is 5.56 Å². The van der Waals surface area contributed by atoms with Gasteiger partial charge >= 0.3 is 0 Å². The van der Waals surface area contributed by atoms with E-state index in [1.807, 2.05) is 12.1 Å². The molecule has 0 bridgehead atoms. The van der Waals surface area contributed by atoms with Gasteiger partial charge in [-0.05, 0) is 23.8 Å². The summed E-state index contributed by atoms with van der Waals surface area (Å²) in [5.41, 5.74) is 1.82. The SMILES string of the molecule is COc1ccc(C(Cl)c2ccoc2)cc1Cl. The van der Waals surface area contributed by atoms with Crippen molar-refractivity contribution in [2.75, 3.05) is 7.11 Å². The van der Waals surface area contributed by atoms with Crippen molar-refractivity contribution in [3.63, 3.8) is 0 Å². The van der Waals surface area contributed by atoms with Crippen molar-refractivity contribution >= 4 is 23.2 Å². The minimum absolute atomic E-state index is 0.262. The lowest BCUT2D eigenvalue weighted by atomic mass is 10.1. The molecule has 1 atom stereocenters. The van der Waals surface area contributed by atoms with Crippen LogP contribution in [-0.2, 0) is 0 Å². The zero-order valence-electron chi connectivity index (χ0n) is 8.61. The first-order valence-electron chi connectivity index (χ1n) is 4.72. The molecule has 0 fully saturated rings. The van der Waals surface area contributed by atoms with Gasteiger partial charge in [0.05, 0.1) is 30.0 Å². The summed E-state index contributed by atoms with van der Waals surface area (Å²) < 4.78 is 10.1. The van der Waals surface area contributed by atoms with Gasteiger partial charge in [-0.3, -0.25) is 0 Å². The van der Waals surface area contributed by atoms with Crippen LogP contribution in [0.25, 0.3) is 0 Å². The van der Waals surface area contributed by atoms with Gasteiger partial charge in [0.1, 0.15) is 5.75 Å².